The predicted molar refractivity (Wildman–Crippen MR) is 61.2 cm³/mol. The molecule has 76 valence electrons. The van der Waals surface area contributed by atoms with Crippen LogP contribution in [0, 0.1) is 13.8 Å². The van der Waals surface area contributed by atoms with Crippen LogP contribution in [0.3, 0.4) is 0 Å². The maximum Gasteiger partial charge on any atom is 0.125 e. The lowest BCUT2D eigenvalue weighted by atomic mass is 10.1. The summed E-state index contributed by atoms with van der Waals surface area (Å²) in [5, 5.41) is 0.493. The molecule has 1 aromatic carbocycles. The fourth-order valence-electron chi connectivity index (χ4n) is 1.04. The Bertz CT molecular complexity index is 345. The van der Waals surface area contributed by atoms with Crippen molar-refractivity contribution in [1.82, 2.24) is 0 Å². The van der Waals surface area contributed by atoms with E-state index in [1.165, 1.54) is 5.54 Å². The summed E-state index contributed by atoms with van der Waals surface area (Å²) in [6.45, 7) is 4.33. The van der Waals surface area contributed by atoms with Gasteiger partial charge in [0.25, 0.3) is 0 Å². The molecule has 0 bridgehead atoms. The lowest BCUT2D eigenvalue weighted by Gasteiger charge is -2.08. The molecule has 1 nitrogen and oxygen atoms in total. The van der Waals surface area contributed by atoms with Crippen molar-refractivity contribution < 1.29 is 4.74 Å². The van der Waals surface area contributed by atoms with E-state index < -0.39 is 0 Å². The summed E-state index contributed by atoms with van der Waals surface area (Å²) in [4.78, 5) is 0. The third-order valence-corrected chi connectivity index (χ3v) is 2.42. The number of hydrogen-bond acceptors (Lipinski definition) is 1. The molecular weight excluding hydrogens is 219 g/mol. The zero-order chi connectivity index (χ0) is 10.6. The van der Waals surface area contributed by atoms with Crippen LogP contribution in [0.25, 0.3) is 0 Å². The van der Waals surface area contributed by atoms with Gasteiger partial charge in [-0.25, -0.2) is 0 Å². The molecule has 1 aromatic rings. The second-order valence-electron chi connectivity index (χ2n) is 3.11. The molecule has 0 aromatic heterocycles. The van der Waals surface area contributed by atoms with E-state index in [4.69, 9.17) is 27.9 Å². The first-order valence-corrected chi connectivity index (χ1v) is 5.09. The van der Waals surface area contributed by atoms with E-state index in [-0.39, 0.29) is 0 Å². The van der Waals surface area contributed by atoms with Crippen molar-refractivity contribution in [3.63, 3.8) is 0 Å². The van der Waals surface area contributed by atoms with Gasteiger partial charge in [0.1, 0.15) is 12.4 Å². The second-order valence-corrected chi connectivity index (χ2v) is 3.82. The van der Waals surface area contributed by atoms with Gasteiger partial charge in [-0.15, -0.1) is 0 Å². The Labute approximate surface area is 94.3 Å². The summed E-state index contributed by atoms with van der Waals surface area (Å²) in [6.07, 6.45) is 0. The van der Waals surface area contributed by atoms with E-state index in [2.05, 4.69) is 0 Å². The van der Waals surface area contributed by atoms with Crippen molar-refractivity contribution in [2.24, 2.45) is 0 Å². The van der Waals surface area contributed by atoms with Crippen molar-refractivity contribution in [2.45, 2.75) is 13.8 Å². The van der Waals surface area contributed by atoms with Gasteiger partial charge in [-0.3, -0.25) is 0 Å². The van der Waals surface area contributed by atoms with Crippen molar-refractivity contribution in [3.8, 4) is 5.75 Å². The SMILES string of the molecule is Cc1ccc(C)c(OC/C(Cl)=C/Cl)c1. The molecule has 0 aliphatic heterocycles. The highest BCUT2D eigenvalue weighted by molar-refractivity contribution is 6.36. The lowest BCUT2D eigenvalue weighted by Crippen LogP contribution is -1.98. The zero-order valence-corrected chi connectivity index (χ0v) is 9.69. The maximum absolute atomic E-state index is 5.71. The fraction of sp³-hybridized carbons (Fsp3) is 0.273. The van der Waals surface area contributed by atoms with Crippen LogP contribution in [-0.4, -0.2) is 6.61 Å². The zero-order valence-electron chi connectivity index (χ0n) is 8.18. The number of halogens is 2. The van der Waals surface area contributed by atoms with Crippen LogP contribution in [0.4, 0.5) is 0 Å². The van der Waals surface area contributed by atoms with Gasteiger partial charge >= 0.3 is 0 Å². The quantitative estimate of drug-likeness (QED) is 0.763. The van der Waals surface area contributed by atoms with Crippen molar-refractivity contribution in [1.29, 1.82) is 0 Å². The van der Waals surface area contributed by atoms with Crippen molar-refractivity contribution >= 4 is 23.2 Å². The monoisotopic (exact) mass is 230 g/mol. The van der Waals surface area contributed by atoms with E-state index in [1.807, 2.05) is 32.0 Å². The van der Waals surface area contributed by atoms with Crippen LogP contribution in [0.1, 0.15) is 11.1 Å². The molecular formula is C11H12Cl2O. The second kappa shape index (κ2) is 5.28. The number of aryl methyl sites for hydroxylation is 2. The van der Waals surface area contributed by atoms with Gasteiger partial charge in [0, 0.05) is 5.54 Å². The number of hydrogen-bond donors (Lipinski definition) is 0. The van der Waals surface area contributed by atoms with Crippen LogP contribution in [-0.2, 0) is 0 Å². The molecule has 0 amide bonds. The molecule has 0 saturated heterocycles. The normalized spacial score (nSPS) is 11.6. The maximum atomic E-state index is 5.71. The molecule has 0 spiro atoms. The van der Waals surface area contributed by atoms with Crippen LogP contribution in [0.5, 0.6) is 5.75 Å². The summed E-state index contributed by atoms with van der Waals surface area (Å²) < 4.78 is 5.49. The van der Waals surface area contributed by atoms with E-state index >= 15 is 0 Å². The van der Waals surface area contributed by atoms with E-state index in [0.717, 1.165) is 16.9 Å². The predicted octanol–water partition coefficient (Wildman–Crippen LogP) is 4.00. The number of rotatable bonds is 3. The largest absolute Gasteiger partial charge is 0.488 e. The van der Waals surface area contributed by atoms with Gasteiger partial charge in [0.15, 0.2) is 0 Å². The Balaban J connectivity index is 2.71. The first-order valence-electron chi connectivity index (χ1n) is 4.28. The minimum atomic E-state index is 0.315. The molecule has 0 atom stereocenters. The highest BCUT2D eigenvalue weighted by atomic mass is 35.5. The van der Waals surface area contributed by atoms with E-state index in [9.17, 15) is 0 Å². The van der Waals surface area contributed by atoms with Gasteiger partial charge in [0.2, 0.25) is 0 Å². The summed E-state index contributed by atoms with van der Waals surface area (Å²) >= 11 is 11.1. The van der Waals surface area contributed by atoms with Crippen LogP contribution in [0.15, 0.2) is 28.8 Å². The van der Waals surface area contributed by atoms with Gasteiger partial charge in [0.05, 0.1) is 5.03 Å². The summed E-state index contributed by atoms with van der Waals surface area (Å²) in [6, 6.07) is 6.04. The first-order chi connectivity index (χ1) is 6.63. The summed E-state index contributed by atoms with van der Waals surface area (Å²) in [5.74, 6) is 0.849. The Hall–Kier alpha value is -0.660. The van der Waals surface area contributed by atoms with Gasteiger partial charge in [-0.1, -0.05) is 35.3 Å². The van der Waals surface area contributed by atoms with E-state index in [0.29, 0.717) is 11.6 Å². The fourth-order valence-corrected chi connectivity index (χ4v) is 1.16. The first kappa shape index (κ1) is 11.4. The molecule has 0 aliphatic carbocycles. The van der Waals surface area contributed by atoms with Crippen molar-refractivity contribution in [3.05, 3.63) is 39.9 Å². The third kappa shape index (κ3) is 3.24. The molecule has 3 heteroatoms. The van der Waals surface area contributed by atoms with E-state index in [1.54, 1.807) is 0 Å². The standard InChI is InChI=1S/C11H12Cl2O/c1-8-3-4-9(2)11(5-8)14-7-10(13)6-12/h3-6H,7H2,1-2H3/b10-6-. The van der Waals surface area contributed by atoms with Crippen LogP contribution < -0.4 is 4.74 Å². The average Bonchev–Trinajstić information content (AvgIpc) is 2.19. The Morgan fingerprint density at radius 1 is 1.43 bits per heavy atom. The molecule has 0 saturated carbocycles. The minimum Gasteiger partial charge on any atom is -0.488 e. The molecule has 14 heavy (non-hydrogen) atoms. The Morgan fingerprint density at radius 3 is 2.79 bits per heavy atom. The third-order valence-electron chi connectivity index (χ3n) is 1.83. The minimum absolute atomic E-state index is 0.315. The number of ether oxygens (including phenoxy) is 1. The Morgan fingerprint density at radius 2 is 2.14 bits per heavy atom. The van der Waals surface area contributed by atoms with Crippen molar-refractivity contribution in [2.75, 3.05) is 6.61 Å². The topological polar surface area (TPSA) is 9.23 Å². The average molecular weight is 231 g/mol. The lowest BCUT2D eigenvalue weighted by molar-refractivity contribution is 0.356. The molecule has 0 heterocycles. The molecule has 1 rings (SSSR count). The highest BCUT2D eigenvalue weighted by Gasteiger charge is 2.00. The van der Waals surface area contributed by atoms with Crippen LogP contribution in [0.2, 0.25) is 0 Å². The molecule has 0 aliphatic rings. The molecule has 0 unspecified atom stereocenters. The van der Waals surface area contributed by atoms with Gasteiger partial charge in [-0.05, 0) is 31.0 Å². The summed E-state index contributed by atoms with van der Waals surface area (Å²) in [5.41, 5.74) is 3.57. The molecule has 0 fully saturated rings. The molecule has 0 radical (unpaired) electrons. The molecule has 0 N–H and O–H groups in total. The summed E-state index contributed by atoms with van der Waals surface area (Å²) in [7, 11) is 0. The van der Waals surface area contributed by atoms with Gasteiger partial charge in [-0.2, -0.15) is 0 Å². The smallest absolute Gasteiger partial charge is 0.125 e. The Kier molecular flexibility index (Phi) is 4.30. The number of benzene rings is 1. The van der Waals surface area contributed by atoms with Crippen LogP contribution >= 0.6 is 23.2 Å². The van der Waals surface area contributed by atoms with Gasteiger partial charge < -0.3 is 4.74 Å². The highest BCUT2D eigenvalue weighted by Crippen LogP contribution is 2.20.